The number of hydrogen-bond acceptors (Lipinski definition) is 4. The predicted octanol–water partition coefficient (Wildman–Crippen LogP) is 3.05. The van der Waals surface area contributed by atoms with E-state index in [2.05, 4.69) is 28.5 Å². The molecule has 0 aromatic heterocycles. The molecule has 0 bridgehead atoms. The first kappa shape index (κ1) is 22.7. The highest BCUT2D eigenvalue weighted by molar-refractivity contribution is 14.0. The van der Waals surface area contributed by atoms with Crippen molar-refractivity contribution in [3.05, 3.63) is 42.0 Å². The maximum absolute atomic E-state index is 12.2. The number of aliphatic imine (C=N–C) groups is 1. The Morgan fingerprint density at radius 3 is 2.54 bits per heavy atom. The average Bonchev–Trinajstić information content (AvgIpc) is 2.64. The first-order chi connectivity index (χ1) is 12.8. The summed E-state index contributed by atoms with van der Waals surface area (Å²) in [4.78, 5) is 6.37. The molecule has 0 aliphatic carbocycles. The van der Waals surface area contributed by atoms with Gasteiger partial charge in [-0.3, -0.25) is 4.99 Å². The molecule has 1 fully saturated rings. The van der Waals surface area contributed by atoms with Crippen LogP contribution in [0, 0.1) is 0 Å². The molecule has 8 heteroatoms. The summed E-state index contributed by atoms with van der Waals surface area (Å²) in [5, 5.41) is 5.64. The van der Waals surface area contributed by atoms with Crippen molar-refractivity contribution in [2.45, 2.75) is 25.1 Å². The van der Waals surface area contributed by atoms with Gasteiger partial charge in [0.05, 0.1) is 17.6 Å². The van der Waals surface area contributed by atoms with E-state index in [1.807, 2.05) is 23.1 Å². The van der Waals surface area contributed by atoms with Crippen molar-refractivity contribution in [1.29, 1.82) is 0 Å². The largest absolute Gasteiger partial charge is 0.497 e. The number of ether oxygens (including phenoxy) is 1. The van der Waals surface area contributed by atoms with E-state index in [-0.39, 0.29) is 29.7 Å². The van der Waals surface area contributed by atoms with E-state index in [1.54, 1.807) is 28.0 Å². The molecule has 1 aliphatic rings. The van der Waals surface area contributed by atoms with Crippen LogP contribution >= 0.6 is 24.0 Å². The fourth-order valence-electron chi connectivity index (χ4n) is 3.35. The molecule has 2 aromatic rings. The molecule has 0 spiro atoms. The van der Waals surface area contributed by atoms with E-state index in [0.717, 1.165) is 28.0 Å². The van der Waals surface area contributed by atoms with Crippen molar-refractivity contribution in [2.75, 3.05) is 33.0 Å². The number of fused-ring (bicyclic) bond motifs is 1. The minimum Gasteiger partial charge on any atom is -0.497 e. The molecular formula is C20H28IN3O3S. The SMILES string of the molecule is CN=C(NCc1ccc2cc(OC)ccc2c1)N1CCS(=O)(=O)C(C)(C)C1.I. The van der Waals surface area contributed by atoms with Crippen LogP contribution in [0.25, 0.3) is 10.8 Å². The average molecular weight is 517 g/mol. The molecule has 1 N–H and O–H groups in total. The minimum atomic E-state index is -3.07. The number of guanidine groups is 1. The molecule has 3 rings (SSSR count). The number of hydrogen-bond donors (Lipinski definition) is 1. The van der Waals surface area contributed by atoms with Gasteiger partial charge < -0.3 is 15.0 Å². The van der Waals surface area contributed by atoms with Gasteiger partial charge >= 0.3 is 0 Å². The fraction of sp³-hybridized carbons (Fsp3) is 0.450. The van der Waals surface area contributed by atoms with Crippen LogP contribution in [0.15, 0.2) is 41.4 Å². The minimum absolute atomic E-state index is 0. The van der Waals surface area contributed by atoms with E-state index in [4.69, 9.17) is 4.74 Å². The molecular weight excluding hydrogens is 489 g/mol. The van der Waals surface area contributed by atoms with Crippen molar-refractivity contribution in [1.82, 2.24) is 10.2 Å². The Hall–Kier alpha value is -1.55. The number of nitrogens with one attached hydrogen (secondary N) is 1. The van der Waals surface area contributed by atoms with Crippen LogP contribution < -0.4 is 10.1 Å². The lowest BCUT2D eigenvalue weighted by Gasteiger charge is -2.39. The highest BCUT2D eigenvalue weighted by Crippen LogP contribution is 2.24. The molecule has 154 valence electrons. The molecule has 0 amide bonds. The van der Waals surface area contributed by atoms with Gasteiger partial charge in [-0.1, -0.05) is 18.2 Å². The lowest BCUT2D eigenvalue weighted by atomic mass is 10.1. The van der Waals surface area contributed by atoms with Crippen molar-refractivity contribution in [2.24, 2.45) is 4.99 Å². The maximum Gasteiger partial charge on any atom is 0.193 e. The summed E-state index contributed by atoms with van der Waals surface area (Å²) in [5.41, 5.74) is 1.14. The summed E-state index contributed by atoms with van der Waals surface area (Å²) in [7, 11) is 0.325. The van der Waals surface area contributed by atoms with Gasteiger partial charge in [0.1, 0.15) is 5.75 Å². The first-order valence-corrected chi connectivity index (χ1v) is 10.7. The monoisotopic (exact) mass is 517 g/mol. The molecule has 0 saturated carbocycles. The van der Waals surface area contributed by atoms with Gasteiger partial charge in [-0.2, -0.15) is 0 Å². The number of benzene rings is 2. The van der Waals surface area contributed by atoms with Crippen molar-refractivity contribution >= 4 is 50.5 Å². The van der Waals surface area contributed by atoms with Gasteiger partial charge in [-0.05, 0) is 48.4 Å². The molecule has 6 nitrogen and oxygen atoms in total. The summed E-state index contributed by atoms with van der Waals surface area (Å²) >= 11 is 0. The zero-order valence-corrected chi connectivity index (χ0v) is 19.9. The standard InChI is InChI=1S/C20H27N3O3S.HI/c1-20(2)14-23(9-10-27(20,24)25)19(21-3)22-13-15-5-6-17-12-18(26-4)8-7-16(17)11-15;/h5-8,11-12H,9-10,13-14H2,1-4H3,(H,21,22);1H. The normalized spacial score (nSPS) is 18.4. The van der Waals surface area contributed by atoms with Crippen LogP contribution in [0.4, 0.5) is 0 Å². The Morgan fingerprint density at radius 2 is 1.89 bits per heavy atom. The Bertz CT molecular complexity index is 974. The van der Waals surface area contributed by atoms with E-state index in [1.165, 1.54) is 0 Å². The lowest BCUT2D eigenvalue weighted by Crippen LogP contribution is -2.57. The van der Waals surface area contributed by atoms with Crippen LogP contribution in [0.1, 0.15) is 19.4 Å². The molecule has 0 atom stereocenters. The lowest BCUT2D eigenvalue weighted by molar-refractivity contribution is 0.353. The number of nitrogens with zero attached hydrogens (tertiary/aromatic N) is 2. The molecule has 1 aliphatic heterocycles. The Kier molecular flexibility index (Phi) is 7.19. The van der Waals surface area contributed by atoms with E-state index < -0.39 is 14.6 Å². The predicted molar refractivity (Wildman–Crippen MR) is 126 cm³/mol. The molecule has 28 heavy (non-hydrogen) atoms. The van der Waals surface area contributed by atoms with Crippen LogP contribution in [0.2, 0.25) is 0 Å². The third-order valence-corrected chi connectivity index (χ3v) is 7.65. The summed E-state index contributed by atoms with van der Waals surface area (Å²) in [6, 6.07) is 12.3. The van der Waals surface area contributed by atoms with Crippen LogP contribution in [0.3, 0.4) is 0 Å². The second-order valence-corrected chi connectivity index (χ2v) is 10.2. The maximum atomic E-state index is 12.2. The molecule has 2 aromatic carbocycles. The molecule has 1 saturated heterocycles. The first-order valence-electron chi connectivity index (χ1n) is 9.00. The van der Waals surface area contributed by atoms with E-state index >= 15 is 0 Å². The fourth-order valence-corrected chi connectivity index (χ4v) is 4.71. The number of rotatable bonds is 3. The number of sulfone groups is 1. The smallest absolute Gasteiger partial charge is 0.193 e. The third kappa shape index (κ3) is 4.71. The summed E-state index contributed by atoms with van der Waals surface area (Å²) in [6.07, 6.45) is 0. The van der Waals surface area contributed by atoms with Gasteiger partial charge in [-0.15, -0.1) is 24.0 Å². The van der Waals surface area contributed by atoms with Gasteiger partial charge in [-0.25, -0.2) is 8.42 Å². The van der Waals surface area contributed by atoms with Gasteiger partial charge in [0.25, 0.3) is 0 Å². The zero-order valence-electron chi connectivity index (χ0n) is 16.7. The van der Waals surface area contributed by atoms with E-state index in [9.17, 15) is 8.42 Å². The number of methoxy groups -OCH3 is 1. The summed E-state index contributed by atoms with van der Waals surface area (Å²) in [6.45, 7) is 5.08. The summed E-state index contributed by atoms with van der Waals surface area (Å²) < 4.78 is 28.9. The third-order valence-electron chi connectivity index (χ3n) is 5.12. The van der Waals surface area contributed by atoms with Crippen molar-refractivity contribution < 1.29 is 13.2 Å². The zero-order chi connectivity index (χ0) is 19.7. The van der Waals surface area contributed by atoms with Gasteiger partial charge in [0, 0.05) is 26.7 Å². The highest BCUT2D eigenvalue weighted by atomic mass is 127. The number of halogens is 1. The Morgan fingerprint density at radius 1 is 1.21 bits per heavy atom. The Balaban J connectivity index is 0.00000280. The van der Waals surface area contributed by atoms with Crippen LogP contribution in [0.5, 0.6) is 5.75 Å². The van der Waals surface area contributed by atoms with Crippen LogP contribution in [-0.4, -0.2) is 57.0 Å². The molecule has 0 radical (unpaired) electrons. The highest BCUT2D eigenvalue weighted by Gasteiger charge is 2.40. The second kappa shape index (κ2) is 8.86. The van der Waals surface area contributed by atoms with Crippen molar-refractivity contribution in [3.8, 4) is 5.75 Å². The quantitative estimate of drug-likeness (QED) is 0.385. The van der Waals surface area contributed by atoms with Gasteiger partial charge in [0.2, 0.25) is 0 Å². The molecule has 1 heterocycles. The molecule has 0 unspecified atom stereocenters. The summed E-state index contributed by atoms with van der Waals surface area (Å²) in [5.74, 6) is 1.72. The van der Waals surface area contributed by atoms with Crippen LogP contribution in [-0.2, 0) is 16.4 Å². The van der Waals surface area contributed by atoms with E-state index in [0.29, 0.717) is 19.6 Å². The van der Waals surface area contributed by atoms with Crippen molar-refractivity contribution in [3.63, 3.8) is 0 Å². The second-order valence-electron chi connectivity index (χ2n) is 7.45. The topological polar surface area (TPSA) is 71.0 Å². The Labute approximate surface area is 184 Å². The van der Waals surface area contributed by atoms with Gasteiger partial charge in [0.15, 0.2) is 15.8 Å².